The number of nitrogens with two attached hydrogens (primary N) is 1. The van der Waals surface area contributed by atoms with E-state index in [1.807, 2.05) is 13.8 Å². The van der Waals surface area contributed by atoms with Gasteiger partial charge in [-0.1, -0.05) is 11.1 Å². The Morgan fingerprint density at radius 3 is 2.36 bits per heavy atom. The highest BCUT2D eigenvalue weighted by atomic mass is 32.1. The van der Waals surface area contributed by atoms with Gasteiger partial charge in [-0.05, 0) is 51.5 Å². The van der Waals surface area contributed by atoms with Gasteiger partial charge >= 0.3 is 0 Å². The van der Waals surface area contributed by atoms with Gasteiger partial charge < -0.3 is 21.0 Å². The molecule has 0 unspecified atom stereocenters. The van der Waals surface area contributed by atoms with Crippen LogP contribution in [-0.4, -0.2) is 17.8 Å². The van der Waals surface area contributed by atoms with E-state index in [-0.39, 0.29) is 5.91 Å². The Labute approximate surface area is 150 Å². The van der Waals surface area contributed by atoms with E-state index < -0.39 is 23.7 Å². The van der Waals surface area contributed by atoms with Gasteiger partial charge in [0, 0.05) is 16.8 Å². The number of carbonyl (C=O) groups excluding carboxylic acids is 3. The van der Waals surface area contributed by atoms with Gasteiger partial charge in [-0.25, -0.2) is 0 Å². The number of hydrogen-bond acceptors (Lipinski definition) is 5. The summed E-state index contributed by atoms with van der Waals surface area (Å²) >= 11 is 1.37. The van der Waals surface area contributed by atoms with Crippen LogP contribution in [0.4, 0.5) is 5.00 Å². The Balaban J connectivity index is 1.87. The van der Waals surface area contributed by atoms with Gasteiger partial charge in [-0.3, -0.25) is 9.59 Å². The van der Waals surface area contributed by atoms with Gasteiger partial charge in [-0.15, -0.1) is 11.3 Å². The largest absolute Gasteiger partial charge is 0.550 e. The number of aliphatic carboxylic acids is 1. The van der Waals surface area contributed by atoms with Crippen LogP contribution in [0.1, 0.15) is 53.9 Å². The highest BCUT2D eigenvalue weighted by Crippen LogP contribution is 2.40. The van der Waals surface area contributed by atoms with Crippen molar-refractivity contribution in [1.29, 1.82) is 0 Å². The number of rotatable bonds is 4. The lowest BCUT2D eigenvalue weighted by atomic mass is 9.76. The van der Waals surface area contributed by atoms with Crippen molar-refractivity contribution >= 4 is 34.1 Å². The van der Waals surface area contributed by atoms with E-state index in [1.165, 1.54) is 11.3 Å². The number of nitrogens with one attached hydrogen (secondary N) is 1. The summed E-state index contributed by atoms with van der Waals surface area (Å²) in [5.74, 6) is -3.71. The molecular formula is C18H21N2O4S-. The molecule has 3 rings (SSSR count). The predicted octanol–water partition coefficient (Wildman–Crippen LogP) is 1.39. The Morgan fingerprint density at radius 2 is 1.76 bits per heavy atom. The number of carboxylic acid groups (broad SMARTS) is 1. The first-order valence-corrected chi connectivity index (χ1v) is 9.22. The second kappa shape index (κ2) is 6.63. The van der Waals surface area contributed by atoms with Crippen molar-refractivity contribution in [3.63, 3.8) is 0 Å². The number of carbonyl (C=O) groups is 3. The van der Waals surface area contributed by atoms with Crippen LogP contribution in [0, 0.1) is 11.8 Å². The lowest BCUT2D eigenvalue weighted by molar-refractivity contribution is -0.313. The molecule has 134 valence electrons. The molecule has 0 spiro atoms. The van der Waals surface area contributed by atoms with Gasteiger partial charge in [-0.2, -0.15) is 0 Å². The molecule has 2 aliphatic carbocycles. The number of fused-ring (bicyclic) bond motifs is 1. The molecular weight excluding hydrogens is 340 g/mol. The van der Waals surface area contributed by atoms with Crippen molar-refractivity contribution in [3.8, 4) is 0 Å². The van der Waals surface area contributed by atoms with E-state index in [0.29, 0.717) is 23.4 Å². The third-order valence-electron chi connectivity index (χ3n) is 5.31. The Bertz CT molecular complexity index is 793. The first-order valence-electron chi connectivity index (χ1n) is 8.40. The van der Waals surface area contributed by atoms with Crippen LogP contribution in [0.3, 0.4) is 0 Å². The van der Waals surface area contributed by atoms with E-state index >= 15 is 0 Å². The number of primary amides is 1. The molecule has 2 aliphatic rings. The zero-order valence-electron chi connectivity index (χ0n) is 14.3. The fourth-order valence-corrected chi connectivity index (χ4v) is 5.07. The molecule has 0 aromatic carbocycles. The molecule has 0 bridgehead atoms. The molecule has 1 aromatic rings. The lowest BCUT2D eigenvalue weighted by Gasteiger charge is -2.32. The predicted molar refractivity (Wildman–Crippen MR) is 93.1 cm³/mol. The second-order valence-corrected chi connectivity index (χ2v) is 8.02. The number of amides is 2. The monoisotopic (exact) mass is 361 g/mol. The van der Waals surface area contributed by atoms with Crippen LogP contribution in [0.15, 0.2) is 11.1 Å². The van der Waals surface area contributed by atoms with Crippen LogP contribution in [-0.2, 0) is 22.4 Å². The molecule has 0 saturated carbocycles. The number of anilines is 1. The molecule has 7 heteroatoms. The molecule has 2 atom stereocenters. The maximum Gasteiger partial charge on any atom is 0.251 e. The number of aryl methyl sites for hydroxylation is 1. The summed E-state index contributed by atoms with van der Waals surface area (Å²) in [7, 11) is 0. The third kappa shape index (κ3) is 3.20. The molecule has 0 fully saturated rings. The lowest BCUT2D eigenvalue weighted by Crippen LogP contribution is -2.42. The fourth-order valence-electron chi connectivity index (χ4n) is 3.77. The molecule has 1 aromatic heterocycles. The number of allylic oxidation sites excluding steroid dienone is 2. The minimum absolute atomic E-state index is 0.315. The molecule has 25 heavy (non-hydrogen) atoms. The normalized spacial score (nSPS) is 22.6. The number of thiophene rings is 1. The maximum absolute atomic E-state index is 12.8. The van der Waals surface area contributed by atoms with Gasteiger partial charge in [0.2, 0.25) is 5.91 Å². The molecule has 0 radical (unpaired) electrons. The van der Waals surface area contributed by atoms with Crippen molar-refractivity contribution in [2.45, 2.75) is 46.0 Å². The Kier molecular flexibility index (Phi) is 4.69. The average molecular weight is 361 g/mol. The molecule has 6 nitrogen and oxygen atoms in total. The van der Waals surface area contributed by atoms with Crippen molar-refractivity contribution in [3.05, 3.63) is 27.2 Å². The van der Waals surface area contributed by atoms with E-state index in [4.69, 9.17) is 5.73 Å². The van der Waals surface area contributed by atoms with E-state index in [2.05, 4.69) is 5.32 Å². The highest BCUT2D eigenvalue weighted by molar-refractivity contribution is 7.17. The minimum Gasteiger partial charge on any atom is -0.550 e. The van der Waals surface area contributed by atoms with Crippen LogP contribution in [0.2, 0.25) is 0 Å². The summed E-state index contributed by atoms with van der Waals surface area (Å²) in [5.41, 5.74) is 8.84. The third-order valence-corrected chi connectivity index (χ3v) is 6.52. The van der Waals surface area contributed by atoms with E-state index in [1.54, 1.807) is 0 Å². The first-order chi connectivity index (χ1) is 11.8. The summed E-state index contributed by atoms with van der Waals surface area (Å²) < 4.78 is 0. The Hall–Kier alpha value is -2.15. The van der Waals surface area contributed by atoms with Crippen LogP contribution >= 0.6 is 11.3 Å². The summed E-state index contributed by atoms with van der Waals surface area (Å²) in [6, 6.07) is 0. The smallest absolute Gasteiger partial charge is 0.251 e. The standard InChI is InChI=1S/C18H22N2O4S/c1-8-6-11(12(18(23)24)7-9(8)2)16(22)20-17-14(15(19)21)10-4-3-5-13(10)25-17/h11-12H,3-7H2,1-2H3,(H2,19,21)(H,20,22)(H,23,24)/p-1/t11-,12-/m0/s1. The first kappa shape index (κ1) is 17.7. The zero-order valence-corrected chi connectivity index (χ0v) is 15.1. The topological polar surface area (TPSA) is 112 Å². The van der Waals surface area contributed by atoms with Crippen LogP contribution in [0.5, 0.6) is 0 Å². The maximum atomic E-state index is 12.8. The highest BCUT2D eigenvalue weighted by Gasteiger charge is 2.35. The fraction of sp³-hybridized carbons (Fsp3) is 0.500. The van der Waals surface area contributed by atoms with Crippen molar-refractivity contribution < 1.29 is 19.5 Å². The molecule has 2 amide bonds. The summed E-state index contributed by atoms with van der Waals surface area (Å²) in [5, 5.41) is 14.7. The molecule has 3 N–H and O–H groups in total. The molecule has 0 aliphatic heterocycles. The SMILES string of the molecule is CC1=C(C)C[C@H](C(=O)Nc2sc3c(c2C(N)=O)CCC3)[C@@H](C(=O)[O-])C1. The van der Waals surface area contributed by atoms with Crippen molar-refractivity contribution in [2.24, 2.45) is 17.6 Å². The van der Waals surface area contributed by atoms with E-state index in [0.717, 1.165) is 40.8 Å². The minimum atomic E-state index is -1.21. The van der Waals surface area contributed by atoms with Gasteiger partial charge in [0.15, 0.2) is 0 Å². The van der Waals surface area contributed by atoms with Gasteiger partial charge in [0.25, 0.3) is 5.91 Å². The zero-order chi connectivity index (χ0) is 18.3. The van der Waals surface area contributed by atoms with Crippen molar-refractivity contribution in [1.82, 2.24) is 0 Å². The second-order valence-electron chi connectivity index (χ2n) is 6.92. The average Bonchev–Trinajstić information content (AvgIpc) is 3.09. The van der Waals surface area contributed by atoms with Crippen molar-refractivity contribution in [2.75, 3.05) is 5.32 Å². The molecule has 0 saturated heterocycles. The number of carboxylic acids is 1. The summed E-state index contributed by atoms with van der Waals surface area (Å²) in [6.45, 7) is 3.80. The molecule has 1 heterocycles. The van der Waals surface area contributed by atoms with E-state index in [9.17, 15) is 19.5 Å². The number of hydrogen-bond donors (Lipinski definition) is 2. The van der Waals surface area contributed by atoms with Crippen LogP contribution < -0.4 is 16.2 Å². The quantitative estimate of drug-likeness (QED) is 0.789. The Morgan fingerprint density at radius 1 is 1.12 bits per heavy atom. The van der Waals surface area contributed by atoms with Gasteiger partial charge in [0.1, 0.15) is 5.00 Å². The summed E-state index contributed by atoms with van der Waals surface area (Å²) in [4.78, 5) is 37.2. The van der Waals surface area contributed by atoms with Crippen LogP contribution in [0.25, 0.3) is 0 Å². The summed E-state index contributed by atoms with van der Waals surface area (Å²) in [6.07, 6.45) is 3.34. The van der Waals surface area contributed by atoms with Gasteiger partial charge in [0.05, 0.1) is 11.5 Å².